The number of rotatable bonds is 8. The van der Waals surface area contributed by atoms with Crippen LogP contribution in [0.1, 0.15) is 48.5 Å². The van der Waals surface area contributed by atoms with E-state index in [0.717, 1.165) is 49.7 Å². The van der Waals surface area contributed by atoms with Crippen molar-refractivity contribution in [3.63, 3.8) is 0 Å². The number of nitrogens with one attached hydrogen (secondary N) is 4. The summed E-state index contributed by atoms with van der Waals surface area (Å²) < 4.78 is 0. The van der Waals surface area contributed by atoms with Crippen molar-refractivity contribution in [3.05, 3.63) is 75.5 Å². The summed E-state index contributed by atoms with van der Waals surface area (Å²) in [5.41, 5.74) is 2.57. The Labute approximate surface area is 224 Å². The Hall–Kier alpha value is -2.25. The van der Waals surface area contributed by atoms with E-state index in [4.69, 9.17) is 23.2 Å². The maximum absolute atomic E-state index is 12.7. The second-order valence-electron chi connectivity index (χ2n) is 9.71. The Morgan fingerprint density at radius 3 is 2.69 bits per heavy atom. The number of hydrogen-bond acceptors (Lipinski definition) is 5. The predicted octanol–water partition coefficient (Wildman–Crippen LogP) is 5.05. The van der Waals surface area contributed by atoms with Crippen molar-refractivity contribution < 1.29 is 4.79 Å². The maximum atomic E-state index is 12.7. The molecule has 0 saturated carbocycles. The van der Waals surface area contributed by atoms with Crippen LogP contribution >= 0.6 is 23.2 Å². The lowest BCUT2D eigenvalue weighted by Crippen LogP contribution is -2.50. The fourth-order valence-corrected chi connectivity index (χ4v) is 5.26. The summed E-state index contributed by atoms with van der Waals surface area (Å²) in [4.78, 5) is 15.1. The van der Waals surface area contributed by atoms with Gasteiger partial charge in [0, 0.05) is 59.6 Å². The molecule has 8 heteroatoms. The Balaban J connectivity index is 1.37. The van der Waals surface area contributed by atoms with Crippen LogP contribution in [-0.4, -0.2) is 55.6 Å². The van der Waals surface area contributed by atoms with Gasteiger partial charge in [0.2, 0.25) is 0 Å². The molecule has 4 rings (SSSR count). The van der Waals surface area contributed by atoms with Gasteiger partial charge in [-0.05, 0) is 80.8 Å². The first-order valence-corrected chi connectivity index (χ1v) is 13.8. The quantitative estimate of drug-likeness (QED) is 0.385. The summed E-state index contributed by atoms with van der Waals surface area (Å²) in [6.45, 7) is 6.70. The van der Waals surface area contributed by atoms with Crippen LogP contribution in [0.5, 0.6) is 0 Å². The predicted molar refractivity (Wildman–Crippen MR) is 150 cm³/mol. The Bertz CT molecular complexity index is 1030. The molecular formula is C28H37Cl2N5O. The highest BCUT2D eigenvalue weighted by molar-refractivity contribution is 6.35. The number of carbonyl (C=O) groups excluding carboxylic acids is 1. The van der Waals surface area contributed by atoms with E-state index in [1.807, 2.05) is 36.4 Å². The molecule has 0 aromatic heterocycles. The van der Waals surface area contributed by atoms with Crippen molar-refractivity contribution >= 4 is 34.8 Å². The molecule has 194 valence electrons. The molecule has 4 N–H and O–H groups in total. The van der Waals surface area contributed by atoms with E-state index in [9.17, 15) is 4.79 Å². The number of halogens is 2. The molecule has 0 radical (unpaired) electrons. The van der Waals surface area contributed by atoms with Crippen LogP contribution in [0.25, 0.3) is 0 Å². The third kappa shape index (κ3) is 7.87. The highest BCUT2D eigenvalue weighted by atomic mass is 35.5. The fourth-order valence-electron chi connectivity index (χ4n) is 4.76. The molecule has 1 unspecified atom stereocenters. The number of amides is 1. The van der Waals surface area contributed by atoms with E-state index >= 15 is 0 Å². The highest BCUT2D eigenvalue weighted by Gasteiger charge is 2.20. The number of nitrogens with zero attached hydrogens (tertiary/aromatic N) is 1. The van der Waals surface area contributed by atoms with Gasteiger partial charge in [0.25, 0.3) is 5.91 Å². The molecule has 0 aliphatic carbocycles. The molecule has 2 heterocycles. The van der Waals surface area contributed by atoms with Gasteiger partial charge < -0.3 is 26.2 Å². The molecule has 2 aliphatic rings. The Morgan fingerprint density at radius 1 is 1.08 bits per heavy atom. The zero-order chi connectivity index (χ0) is 25.3. The van der Waals surface area contributed by atoms with Gasteiger partial charge in [-0.3, -0.25) is 4.79 Å². The Morgan fingerprint density at radius 2 is 1.92 bits per heavy atom. The SMILES string of the molecule is C[C@H]1CN(C(=CC2CCCCCN2)Nc2ccc(C(=O)NCCc3ccc(Cl)cc3Cl)cc2)CCN1. The van der Waals surface area contributed by atoms with E-state index in [1.165, 1.54) is 19.3 Å². The maximum Gasteiger partial charge on any atom is 0.251 e. The van der Waals surface area contributed by atoms with Crippen LogP contribution in [0.3, 0.4) is 0 Å². The minimum atomic E-state index is -0.0963. The minimum Gasteiger partial charge on any atom is -0.356 e. The molecule has 0 spiro atoms. The molecule has 36 heavy (non-hydrogen) atoms. The van der Waals surface area contributed by atoms with Gasteiger partial charge in [0.15, 0.2) is 0 Å². The van der Waals surface area contributed by atoms with E-state index < -0.39 is 0 Å². The molecule has 2 saturated heterocycles. The standard InChI is InChI=1S/C28H37Cl2N5O/c1-20-19-35(16-15-31-20)27(18-25-5-3-2-4-13-32-25)34-24-10-7-22(8-11-24)28(36)33-14-12-21-6-9-23(29)17-26(21)30/h6-11,17-18,20,25,31-32,34H,2-5,12-16,19H2,1H3,(H,33,36)/t20-,25?/m0/s1. The molecular weight excluding hydrogens is 493 g/mol. The van der Waals surface area contributed by atoms with Crippen LogP contribution in [0.2, 0.25) is 10.0 Å². The first kappa shape index (κ1) is 26.8. The van der Waals surface area contributed by atoms with Gasteiger partial charge in [0.1, 0.15) is 5.82 Å². The molecule has 0 bridgehead atoms. The average Bonchev–Trinajstić information content (AvgIpc) is 3.14. The van der Waals surface area contributed by atoms with Crippen molar-refractivity contribution in [2.45, 2.75) is 51.1 Å². The van der Waals surface area contributed by atoms with Crippen molar-refractivity contribution in [3.8, 4) is 0 Å². The van der Waals surface area contributed by atoms with Crippen LogP contribution in [0.15, 0.2) is 54.4 Å². The smallest absolute Gasteiger partial charge is 0.251 e. The zero-order valence-corrected chi connectivity index (χ0v) is 22.5. The first-order valence-electron chi connectivity index (χ1n) is 13.0. The van der Waals surface area contributed by atoms with Gasteiger partial charge in [0.05, 0.1) is 0 Å². The molecule has 2 atom stereocenters. The molecule has 2 aromatic rings. The minimum absolute atomic E-state index is 0.0963. The third-order valence-corrected chi connectivity index (χ3v) is 7.37. The number of hydrogen-bond donors (Lipinski definition) is 4. The molecule has 2 aliphatic heterocycles. The lowest BCUT2D eigenvalue weighted by molar-refractivity contribution is 0.0954. The van der Waals surface area contributed by atoms with Crippen LogP contribution in [0.4, 0.5) is 5.69 Å². The van der Waals surface area contributed by atoms with Crippen molar-refractivity contribution in [1.82, 2.24) is 20.9 Å². The number of anilines is 1. The highest BCUT2D eigenvalue weighted by Crippen LogP contribution is 2.21. The fraction of sp³-hybridized carbons (Fsp3) is 0.464. The molecule has 2 fully saturated rings. The Kier molecular flexibility index (Phi) is 9.93. The number of carbonyl (C=O) groups is 1. The molecule has 2 aromatic carbocycles. The largest absolute Gasteiger partial charge is 0.356 e. The van der Waals surface area contributed by atoms with Crippen LogP contribution < -0.4 is 21.3 Å². The van der Waals surface area contributed by atoms with Gasteiger partial charge in [-0.2, -0.15) is 0 Å². The summed E-state index contributed by atoms with van der Waals surface area (Å²) in [5, 5.41) is 15.1. The van der Waals surface area contributed by atoms with E-state index in [2.05, 4.69) is 39.2 Å². The summed E-state index contributed by atoms with van der Waals surface area (Å²) in [6.07, 6.45) is 7.95. The first-order chi connectivity index (χ1) is 17.5. The van der Waals surface area contributed by atoms with Crippen molar-refractivity contribution in [1.29, 1.82) is 0 Å². The van der Waals surface area contributed by atoms with E-state index in [-0.39, 0.29) is 5.91 Å². The zero-order valence-electron chi connectivity index (χ0n) is 21.0. The van der Waals surface area contributed by atoms with Gasteiger partial charge in [-0.25, -0.2) is 0 Å². The lowest BCUT2D eigenvalue weighted by atomic mass is 10.1. The van der Waals surface area contributed by atoms with Crippen LogP contribution in [-0.2, 0) is 6.42 Å². The number of piperazine rings is 1. The third-order valence-electron chi connectivity index (χ3n) is 6.78. The van der Waals surface area contributed by atoms with Crippen molar-refractivity contribution in [2.24, 2.45) is 0 Å². The van der Waals surface area contributed by atoms with Gasteiger partial charge >= 0.3 is 0 Å². The van der Waals surface area contributed by atoms with Gasteiger partial charge in [-0.1, -0.05) is 42.1 Å². The van der Waals surface area contributed by atoms with E-state index in [1.54, 1.807) is 6.07 Å². The second kappa shape index (κ2) is 13.3. The summed E-state index contributed by atoms with van der Waals surface area (Å²) in [7, 11) is 0. The average molecular weight is 531 g/mol. The normalized spacial score (nSPS) is 21.1. The monoisotopic (exact) mass is 529 g/mol. The van der Waals surface area contributed by atoms with Gasteiger partial charge in [-0.15, -0.1) is 0 Å². The second-order valence-corrected chi connectivity index (χ2v) is 10.6. The van der Waals surface area contributed by atoms with Crippen molar-refractivity contribution in [2.75, 3.05) is 38.0 Å². The summed E-state index contributed by atoms with van der Waals surface area (Å²) >= 11 is 12.2. The van der Waals surface area contributed by atoms with E-state index in [0.29, 0.717) is 40.7 Å². The summed E-state index contributed by atoms with van der Waals surface area (Å²) in [6, 6.07) is 13.9. The summed E-state index contributed by atoms with van der Waals surface area (Å²) in [5.74, 6) is 1.04. The molecule has 1 amide bonds. The lowest BCUT2D eigenvalue weighted by Gasteiger charge is -2.36. The number of benzene rings is 2. The van der Waals surface area contributed by atoms with Crippen LogP contribution in [0, 0.1) is 0 Å². The molecule has 6 nitrogen and oxygen atoms in total. The topological polar surface area (TPSA) is 68.4 Å².